The van der Waals surface area contributed by atoms with Crippen molar-refractivity contribution in [1.29, 1.82) is 0 Å². The first kappa shape index (κ1) is 14.7. The highest BCUT2D eigenvalue weighted by atomic mass is 32.2. The van der Waals surface area contributed by atoms with Crippen LogP contribution in [0.5, 0.6) is 0 Å². The van der Waals surface area contributed by atoms with Gasteiger partial charge in [0, 0.05) is 18.9 Å². The third-order valence-corrected chi connectivity index (χ3v) is 6.61. The Bertz CT molecular complexity index is 940. The van der Waals surface area contributed by atoms with Gasteiger partial charge in [-0.3, -0.25) is 4.98 Å². The molecule has 0 saturated carbocycles. The number of fused-ring (bicyclic) bond motifs is 1. The summed E-state index contributed by atoms with van der Waals surface area (Å²) >= 11 is 1.03. The van der Waals surface area contributed by atoms with Gasteiger partial charge in [-0.05, 0) is 42.7 Å². The Hall–Kier alpha value is -1.90. The monoisotopic (exact) mass is 346 g/mol. The van der Waals surface area contributed by atoms with Crippen LogP contribution in [0.25, 0.3) is 11.0 Å². The summed E-state index contributed by atoms with van der Waals surface area (Å²) in [6, 6.07) is 8.72. The Labute approximate surface area is 138 Å². The molecule has 0 aliphatic carbocycles. The molecule has 6 nitrogen and oxygen atoms in total. The van der Waals surface area contributed by atoms with Gasteiger partial charge in [-0.25, -0.2) is 8.42 Å². The Balaban J connectivity index is 1.80. The summed E-state index contributed by atoms with van der Waals surface area (Å²) in [5.74, 6) is 0. The molecule has 2 aromatic heterocycles. The van der Waals surface area contributed by atoms with E-state index in [-0.39, 0.29) is 10.9 Å². The summed E-state index contributed by atoms with van der Waals surface area (Å²) in [4.78, 5) is 4.25. The number of rotatable bonds is 3. The SMILES string of the molecule is O=S(=O)(c1cccc2nsnc12)N1CCCC1c1ccncc1. The molecule has 23 heavy (non-hydrogen) atoms. The van der Waals surface area contributed by atoms with E-state index in [0.717, 1.165) is 30.1 Å². The number of aromatic nitrogens is 3. The first-order chi connectivity index (χ1) is 11.2. The van der Waals surface area contributed by atoms with Crippen LogP contribution >= 0.6 is 11.7 Å². The van der Waals surface area contributed by atoms with Gasteiger partial charge in [-0.1, -0.05) is 6.07 Å². The van der Waals surface area contributed by atoms with Gasteiger partial charge in [0.2, 0.25) is 10.0 Å². The second-order valence-electron chi connectivity index (χ2n) is 5.44. The molecule has 1 aliphatic rings. The lowest BCUT2D eigenvalue weighted by atomic mass is 10.1. The van der Waals surface area contributed by atoms with Gasteiger partial charge in [0.05, 0.1) is 17.8 Å². The molecule has 3 heterocycles. The molecule has 0 spiro atoms. The van der Waals surface area contributed by atoms with E-state index >= 15 is 0 Å². The number of sulfonamides is 1. The van der Waals surface area contributed by atoms with Gasteiger partial charge in [0.15, 0.2) is 0 Å². The minimum Gasteiger partial charge on any atom is -0.265 e. The van der Waals surface area contributed by atoms with Crippen molar-refractivity contribution in [3.63, 3.8) is 0 Å². The molecule has 4 rings (SSSR count). The normalized spacial score (nSPS) is 19.4. The molecule has 1 fully saturated rings. The average Bonchev–Trinajstić information content (AvgIpc) is 3.24. The molecule has 3 aromatic rings. The fraction of sp³-hybridized carbons (Fsp3) is 0.267. The fourth-order valence-corrected chi connectivity index (χ4v) is 5.50. The zero-order valence-corrected chi connectivity index (χ0v) is 13.8. The maximum Gasteiger partial charge on any atom is 0.245 e. The van der Waals surface area contributed by atoms with Crippen LogP contribution in [0.15, 0.2) is 47.6 Å². The van der Waals surface area contributed by atoms with Crippen LogP contribution in [0.4, 0.5) is 0 Å². The van der Waals surface area contributed by atoms with Gasteiger partial charge >= 0.3 is 0 Å². The van der Waals surface area contributed by atoms with Crippen LogP contribution in [-0.2, 0) is 10.0 Å². The van der Waals surface area contributed by atoms with Crippen LogP contribution in [0.1, 0.15) is 24.4 Å². The van der Waals surface area contributed by atoms with Crippen molar-refractivity contribution in [3.05, 3.63) is 48.3 Å². The van der Waals surface area contributed by atoms with Crippen molar-refractivity contribution in [2.75, 3.05) is 6.54 Å². The van der Waals surface area contributed by atoms with Crippen molar-refractivity contribution < 1.29 is 8.42 Å². The Morgan fingerprint density at radius 2 is 1.96 bits per heavy atom. The molecule has 1 aliphatic heterocycles. The first-order valence-electron chi connectivity index (χ1n) is 7.31. The summed E-state index contributed by atoms with van der Waals surface area (Å²) < 4.78 is 36.2. The predicted octanol–water partition coefficient (Wildman–Crippen LogP) is 2.61. The molecular weight excluding hydrogens is 332 g/mol. The Morgan fingerprint density at radius 3 is 2.78 bits per heavy atom. The zero-order chi connectivity index (χ0) is 15.9. The highest BCUT2D eigenvalue weighted by Crippen LogP contribution is 2.37. The van der Waals surface area contributed by atoms with Crippen LogP contribution in [0.3, 0.4) is 0 Å². The number of nitrogens with zero attached hydrogens (tertiary/aromatic N) is 4. The molecule has 1 aromatic carbocycles. The van der Waals surface area contributed by atoms with E-state index in [1.54, 1.807) is 34.9 Å². The lowest BCUT2D eigenvalue weighted by molar-refractivity contribution is 0.397. The fourth-order valence-electron chi connectivity index (χ4n) is 3.06. The van der Waals surface area contributed by atoms with E-state index in [1.165, 1.54) is 0 Å². The van der Waals surface area contributed by atoms with E-state index in [9.17, 15) is 8.42 Å². The third kappa shape index (κ3) is 2.43. The minimum atomic E-state index is -3.62. The van der Waals surface area contributed by atoms with E-state index in [0.29, 0.717) is 17.6 Å². The lowest BCUT2D eigenvalue weighted by Crippen LogP contribution is -2.30. The first-order valence-corrected chi connectivity index (χ1v) is 9.48. The maximum atomic E-state index is 13.2. The minimum absolute atomic E-state index is 0.148. The Kier molecular flexibility index (Phi) is 3.59. The molecule has 0 amide bonds. The highest BCUT2D eigenvalue weighted by molar-refractivity contribution is 7.89. The van der Waals surface area contributed by atoms with Crippen molar-refractivity contribution >= 4 is 32.8 Å². The topological polar surface area (TPSA) is 76.1 Å². The summed E-state index contributed by atoms with van der Waals surface area (Å²) in [7, 11) is -3.62. The van der Waals surface area contributed by atoms with Crippen molar-refractivity contribution in [1.82, 2.24) is 18.0 Å². The van der Waals surface area contributed by atoms with E-state index in [2.05, 4.69) is 13.7 Å². The van der Waals surface area contributed by atoms with E-state index in [4.69, 9.17) is 0 Å². The second-order valence-corrected chi connectivity index (χ2v) is 7.83. The van der Waals surface area contributed by atoms with Gasteiger partial charge in [-0.2, -0.15) is 13.1 Å². The summed E-state index contributed by atoms with van der Waals surface area (Å²) in [5, 5.41) is 0. The molecule has 0 N–H and O–H groups in total. The van der Waals surface area contributed by atoms with E-state index in [1.807, 2.05) is 12.1 Å². The second kappa shape index (κ2) is 5.63. The molecular formula is C15H14N4O2S2. The number of hydrogen-bond acceptors (Lipinski definition) is 6. The molecule has 8 heteroatoms. The van der Waals surface area contributed by atoms with Crippen LogP contribution in [0, 0.1) is 0 Å². The predicted molar refractivity (Wildman–Crippen MR) is 87.5 cm³/mol. The summed E-state index contributed by atoms with van der Waals surface area (Å²) in [6.45, 7) is 0.517. The van der Waals surface area contributed by atoms with Crippen LogP contribution in [0.2, 0.25) is 0 Å². The zero-order valence-electron chi connectivity index (χ0n) is 12.2. The van der Waals surface area contributed by atoms with Gasteiger partial charge in [0.25, 0.3) is 0 Å². The molecule has 1 atom stereocenters. The molecule has 118 valence electrons. The average molecular weight is 346 g/mol. The molecule has 1 saturated heterocycles. The molecule has 0 bridgehead atoms. The number of hydrogen-bond donors (Lipinski definition) is 0. The van der Waals surface area contributed by atoms with Crippen LogP contribution < -0.4 is 0 Å². The van der Waals surface area contributed by atoms with E-state index < -0.39 is 10.0 Å². The smallest absolute Gasteiger partial charge is 0.245 e. The van der Waals surface area contributed by atoms with Crippen molar-refractivity contribution in [2.45, 2.75) is 23.8 Å². The van der Waals surface area contributed by atoms with Gasteiger partial charge < -0.3 is 0 Å². The summed E-state index contributed by atoms with van der Waals surface area (Å²) in [6.07, 6.45) is 5.05. The quantitative estimate of drug-likeness (QED) is 0.729. The molecule has 0 radical (unpaired) electrons. The summed E-state index contributed by atoms with van der Waals surface area (Å²) in [5.41, 5.74) is 2.05. The molecule has 1 unspecified atom stereocenters. The number of benzene rings is 1. The maximum absolute atomic E-state index is 13.2. The number of pyridine rings is 1. The van der Waals surface area contributed by atoms with Crippen LogP contribution in [-0.4, -0.2) is 33.0 Å². The standard InChI is InChI=1S/C15H14N4O2S2/c20-23(21,14-5-1-3-12-15(14)18-22-17-12)19-10-2-4-13(19)11-6-8-16-9-7-11/h1,3,5-9,13H,2,4,10H2. The largest absolute Gasteiger partial charge is 0.265 e. The van der Waals surface area contributed by atoms with Gasteiger partial charge in [0.1, 0.15) is 15.9 Å². The highest BCUT2D eigenvalue weighted by Gasteiger charge is 2.37. The van der Waals surface area contributed by atoms with Gasteiger partial charge in [-0.15, -0.1) is 0 Å². The van der Waals surface area contributed by atoms with Crippen molar-refractivity contribution in [2.24, 2.45) is 0 Å². The Morgan fingerprint density at radius 1 is 1.13 bits per heavy atom. The lowest BCUT2D eigenvalue weighted by Gasteiger charge is -2.24. The van der Waals surface area contributed by atoms with Crippen molar-refractivity contribution in [3.8, 4) is 0 Å². The third-order valence-electron chi connectivity index (χ3n) is 4.13.